The first-order valence-electron chi connectivity index (χ1n) is 7.91. The van der Waals surface area contributed by atoms with Crippen molar-refractivity contribution in [3.05, 3.63) is 16.0 Å². The molecule has 0 atom stereocenters. The number of nitrogens with zero attached hydrogens (tertiary/aromatic N) is 1. The lowest BCUT2D eigenvalue weighted by molar-refractivity contribution is 0.0390. The minimum absolute atomic E-state index is 0.0569. The molecule has 26 heavy (non-hydrogen) atoms. The molecule has 0 aliphatic carbocycles. The molecule has 1 N–H and O–H groups in total. The molecule has 1 aliphatic heterocycles. The van der Waals surface area contributed by atoms with Crippen molar-refractivity contribution in [1.29, 1.82) is 0 Å². The number of hydrogen-bond donors (Lipinski definition) is 1. The number of hydrogen-bond acceptors (Lipinski definition) is 9. The van der Waals surface area contributed by atoms with E-state index in [-0.39, 0.29) is 26.8 Å². The highest BCUT2D eigenvalue weighted by atomic mass is 32.2. The number of methoxy groups -OCH3 is 2. The molecule has 0 radical (unpaired) electrons. The normalized spacial score (nSPS) is 15.7. The van der Waals surface area contributed by atoms with Gasteiger partial charge in [0, 0.05) is 26.2 Å². The van der Waals surface area contributed by atoms with Gasteiger partial charge in [-0.15, -0.1) is 11.3 Å². The molecule has 1 aromatic heterocycles. The van der Waals surface area contributed by atoms with Crippen LogP contribution >= 0.6 is 11.3 Å². The average Bonchev–Trinajstić information content (AvgIpc) is 2.99. The molecule has 1 fully saturated rings. The van der Waals surface area contributed by atoms with Crippen LogP contribution in [0.25, 0.3) is 0 Å². The van der Waals surface area contributed by atoms with E-state index in [4.69, 9.17) is 4.74 Å². The first-order chi connectivity index (χ1) is 12.3. The number of carbonyl (C=O) groups is 2. The third-order valence-corrected chi connectivity index (χ3v) is 7.19. The number of esters is 2. The van der Waals surface area contributed by atoms with Crippen LogP contribution in [0.3, 0.4) is 0 Å². The second-order valence-corrected chi connectivity index (χ2v) is 8.54. The van der Waals surface area contributed by atoms with Crippen LogP contribution in [0.1, 0.15) is 25.6 Å². The Bertz CT molecular complexity index is 767. The van der Waals surface area contributed by atoms with Crippen molar-refractivity contribution in [1.82, 2.24) is 9.62 Å². The maximum absolute atomic E-state index is 12.7. The summed E-state index contributed by atoms with van der Waals surface area (Å²) in [6, 6.07) is 0. The first-order valence-corrected chi connectivity index (χ1v) is 10.2. The molecule has 2 heterocycles. The quantitative estimate of drug-likeness (QED) is 0.641. The van der Waals surface area contributed by atoms with Gasteiger partial charge in [-0.3, -0.25) is 4.90 Å². The van der Waals surface area contributed by atoms with Crippen LogP contribution in [0.5, 0.6) is 0 Å². The van der Waals surface area contributed by atoms with E-state index in [0.717, 1.165) is 20.2 Å². The number of carbonyl (C=O) groups excluding carboxylic acids is 2. The molecular weight excluding hydrogens is 384 g/mol. The molecule has 0 saturated carbocycles. The SMILES string of the molecule is COC(=O)c1sc(S(=O)(=O)NCCN2CCOCC2)c(C(=O)OC)c1C. The number of morpholine rings is 1. The largest absolute Gasteiger partial charge is 0.465 e. The summed E-state index contributed by atoms with van der Waals surface area (Å²) in [6.45, 7) is 4.89. The Morgan fingerprint density at radius 1 is 1.19 bits per heavy atom. The molecule has 146 valence electrons. The number of thiophene rings is 1. The lowest BCUT2D eigenvalue weighted by Gasteiger charge is -2.26. The van der Waals surface area contributed by atoms with Gasteiger partial charge < -0.3 is 14.2 Å². The van der Waals surface area contributed by atoms with Gasteiger partial charge in [-0.05, 0) is 12.5 Å². The van der Waals surface area contributed by atoms with E-state index >= 15 is 0 Å². The highest BCUT2D eigenvalue weighted by Crippen LogP contribution is 2.33. The Morgan fingerprint density at radius 2 is 1.81 bits per heavy atom. The maximum atomic E-state index is 12.7. The van der Waals surface area contributed by atoms with Crippen LogP contribution in [0.15, 0.2) is 4.21 Å². The van der Waals surface area contributed by atoms with Crippen molar-refractivity contribution in [3.63, 3.8) is 0 Å². The topological polar surface area (TPSA) is 111 Å². The summed E-state index contributed by atoms with van der Waals surface area (Å²) in [5.74, 6) is -1.52. The van der Waals surface area contributed by atoms with Gasteiger partial charge in [0.25, 0.3) is 10.0 Å². The Kier molecular flexibility index (Phi) is 7.12. The van der Waals surface area contributed by atoms with Gasteiger partial charge in [-0.2, -0.15) is 0 Å². The molecule has 1 aliphatic rings. The Morgan fingerprint density at radius 3 is 2.38 bits per heavy atom. The van der Waals surface area contributed by atoms with Gasteiger partial charge in [0.1, 0.15) is 4.88 Å². The highest BCUT2D eigenvalue weighted by molar-refractivity contribution is 7.91. The summed E-state index contributed by atoms with van der Waals surface area (Å²) >= 11 is 0.696. The van der Waals surface area contributed by atoms with Crippen LogP contribution in [-0.4, -0.2) is 78.9 Å². The van der Waals surface area contributed by atoms with Gasteiger partial charge in [0.05, 0.1) is 33.0 Å². The molecule has 0 bridgehead atoms. The summed E-state index contributed by atoms with van der Waals surface area (Å²) in [5, 5.41) is 0. The van der Waals surface area contributed by atoms with Crippen LogP contribution < -0.4 is 4.72 Å². The number of nitrogens with one attached hydrogen (secondary N) is 1. The third kappa shape index (κ3) is 4.60. The second-order valence-electron chi connectivity index (χ2n) is 5.55. The Hall–Kier alpha value is -1.53. The fraction of sp³-hybridized carbons (Fsp3) is 0.600. The lowest BCUT2D eigenvalue weighted by atomic mass is 10.2. The molecule has 0 aromatic carbocycles. The van der Waals surface area contributed by atoms with Crippen molar-refractivity contribution in [2.24, 2.45) is 0 Å². The van der Waals surface area contributed by atoms with E-state index in [1.54, 1.807) is 0 Å². The Labute approximate surface area is 156 Å². The summed E-state index contributed by atoms with van der Waals surface area (Å²) in [6.07, 6.45) is 0. The van der Waals surface area contributed by atoms with Crippen molar-refractivity contribution in [2.45, 2.75) is 11.1 Å². The molecule has 0 spiro atoms. The smallest absolute Gasteiger partial charge is 0.348 e. The van der Waals surface area contributed by atoms with Gasteiger partial charge in [-0.25, -0.2) is 22.7 Å². The lowest BCUT2D eigenvalue weighted by Crippen LogP contribution is -2.41. The van der Waals surface area contributed by atoms with E-state index in [0.29, 0.717) is 31.1 Å². The molecule has 1 saturated heterocycles. The molecule has 2 rings (SSSR count). The average molecular weight is 406 g/mol. The molecule has 11 heteroatoms. The second kappa shape index (κ2) is 8.91. The molecule has 0 amide bonds. The number of sulfonamides is 1. The summed E-state index contributed by atoms with van der Waals surface area (Å²) in [7, 11) is -1.65. The predicted octanol–water partition coefficient (Wildman–Crippen LogP) is 0.240. The number of ether oxygens (including phenoxy) is 3. The summed E-state index contributed by atoms with van der Waals surface area (Å²) in [5.41, 5.74) is 0.0824. The van der Waals surface area contributed by atoms with Gasteiger partial charge in [0.15, 0.2) is 4.21 Å². The van der Waals surface area contributed by atoms with Gasteiger partial charge in [-0.1, -0.05) is 0 Å². The van der Waals surface area contributed by atoms with E-state index in [2.05, 4.69) is 19.1 Å². The predicted molar refractivity (Wildman–Crippen MR) is 94.2 cm³/mol. The third-order valence-electron chi connectivity index (χ3n) is 3.94. The van der Waals surface area contributed by atoms with Crippen molar-refractivity contribution >= 4 is 33.3 Å². The molecule has 9 nitrogen and oxygen atoms in total. The van der Waals surface area contributed by atoms with Crippen LogP contribution in [0, 0.1) is 6.92 Å². The van der Waals surface area contributed by atoms with Crippen LogP contribution in [0.2, 0.25) is 0 Å². The van der Waals surface area contributed by atoms with Gasteiger partial charge >= 0.3 is 11.9 Å². The minimum Gasteiger partial charge on any atom is -0.465 e. The fourth-order valence-corrected chi connectivity index (χ4v) is 5.34. The first kappa shape index (κ1) is 20.8. The monoisotopic (exact) mass is 406 g/mol. The number of rotatable bonds is 7. The minimum atomic E-state index is -3.99. The zero-order chi connectivity index (χ0) is 19.3. The van der Waals surface area contributed by atoms with Crippen molar-refractivity contribution < 1.29 is 32.2 Å². The Balaban J connectivity index is 2.23. The summed E-state index contributed by atoms with van der Waals surface area (Å²) < 4.78 is 42.2. The van der Waals surface area contributed by atoms with Crippen LogP contribution in [-0.2, 0) is 24.2 Å². The van der Waals surface area contributed by atoms with E-state index < -0.39 is 22.0 Å². The van der Waals surface area contributed by atoms with Crippen LogP contribution in [0.4, 0.5) is 0 Å². The summed E-state index contributed by atoms with van der Waals surface area (Å²) in [4.78, 5) is 26.1. The zero-order valence-corrected chi connectivity index (χ0v) is 16.5. The van der Waals surface area contributed by atoms with E-state index in [1.165, 1.54) is 14.0 Å². The van der Waals surface area contributed by atoms with E-state index in [9.17, 15) is 18.0 Å². The molecule has 1 aromatic rings. The van der Waals surface area contributed by atoms with Crippen molar-refractivity contribution in [3.8, 4) is 0 Å². The maximum Gasteiger partial charge on any atom is 0.348 e. The standard InChI is InChI=1S/C15H22N2O7S2/c1-10-11(13(18)22-2)15(25-12(10)14(19)23-3)26(20,21)16-4-5-17-6-8-24-9-7-17/h16H,4-9H2,1-3H3. The molecule has 0 unspecified atom stereocenters. The van der Waals surface area contributed by atoms with Crippen molar-refractivity contribution in [2.75, 3.05) is 53.6 Å². The van der Waals surface area contributed by atoms with E-state index in [1.807, 2.05) is 0 Å². The fourth-order valence-electron chi connectivity index (χ4n) is 2.53. The van der Waals surface area contributed by atoms with Gasteiger partial charge in [0.2, 0.25) is 0 Å². The zero-order valence-electron chi connectivity index (χ0n) is 14.9. The molecular formula is C15H22N2O7S2. The highest BCUT2D eigenvalue weighted by Gasteiger charge is 2.32.